The third-order valence-corrected chi connectivity index (χ3v) is 5.13. The molecule has 3 N–H and O–H groups in total. The average molecular weight is 474 g/mol. The minimum atomic E-state index is -4.71. The highest BCUT2D eigenvalue weighted by molar-refractivity contribution is 6.05. The summed E-state index contributed by atoms with van der Waals surface area (Å²) in [7, 11) is 0. The number of aromatic nitrogens is 6. The predicted molar refractivity (Wildman–Crippen MR) is 112 cm³/mol. The molecule has 0 unspecified atom stereocenters. The number of amides is 2. The Morgan fingerprint density at radius 3 is 2.50 bits per heavy atom. The van der Waals surface area contributed by atoms with Crippen LogP contribution in [0.25, 0.3) is 16.6 Å². The van der Waals surface area contributed by atoms with Crippen molar-refractivity contribution in [3.8, 4) is 0 Å². The summed E-state index contributed by atoms with van der Waals surface area (Å²) in [6.07, 6.45) is -4.68. The smallest absolute Gasteiger partial charge is 0.273 e. The fourth-order valence-corrected chi connectivity index (χ4v) is 3.46. The Morgan fingerprint density at radius 2 is 1.79 bits per heavy atom. The predicted octanol–water partition coefficient (Wildman–Crippen LogP) is 1.39. The molecule has 3 heterocycles. The van der Waals surface area contributed by atoms with E-state index in [0.29, 0.717) is 22.3 Å². The number of rotatable bonds is 4. The molecule has 0 aliphatic heterocycles. The van der Waals surface area contributed by atoms with Crippen molar-refractivity contribution in [3.05, 3.63) is 63.1 Å². The van der Waals surface area contributed by atoms with Gasteiger partial charge in [-0.3, -0.25) is 25.2 Å². The molecular weight excluding hydrogens is 457 g/mol. The molecule has 0 radical (unpaired) electrons. The fraction of sp³-hybridized carbons (Fsp3) is 0.250. The zero-order valence-corrected chi connectivity index (χ0v) is 17.8. The van der Waals surface area contributed by atoms with Crippen LogP contribution in [0.1, 0.15) is 39.7 Å². The first-order valence-electron chi connectivity index (χ1n) is 9.93. The highest BCUT2D eigenvalue weighted by Crippen LogP contribution is 2.27. The van der Waals surface area contributed by atoms with Gasteiger partial charge in [0.05, 0.1) is 5.39 Å². The largest absolute Gasteiger partial charge is 0.453 e. The van der Waals surface area contributed by atoms with Crippen LogP contribution in [0.2, 0.25) is 0 Å². The number of nitrogens with zero attached hydrogens (tertiary/aromatic N) is 5. The summed E-state index contributed by atoms with van der Waals surface area (Å²) in [5.41, 5.74) is 5.26. The van der Waals surface area contributed by atoms with Gasteiger partial charge in [-0.05, 0) is 31.9 Å². The van der Waals surface area contributed by atoms with Gasteiger partial charge in [-0.15, -0.1) is 5.10 Å². The van der Waals surface area contributed by atoms with Crippen molar-refractivity contribution in [3.63, 3.8) is 0 Å². The van der Waals surface area contributed by atoms with E-state index < -0.39 is 29.4 Å². The molecule has 14 heteroatoms. The maximum absolute atomic E-state index is 12.9. The quantitative estimate of drug-likeness (QED) is 0.379. The SMILES string of the molecule is Cc1nc2nc(C(F)(F)F)nn2c(C)c1CCC(=O)NNC(=O)c1n[nH]c(=O)c2ccccc12. The van der Waals surface area contributed by atoms with Crippen LogP contribution in [0.4, 0.5) is 13.2 Å². The van der Waals surface area contributed by atoms with E-state index in [4.69, 9.17) is 0 Å². The van der Waals surface area contributed by atoms with Crippen molar-refractivity contribution < 1.29 is 22.8 Å². The van der Waals surface area contributed by atoms with Crippen molar-refractivity contribution in [1.29, 1.82) is 0 Å². The first kappa shape index (κ1) is 22.8. The van der Waals surface area contributed by atoms with E-state index in [1.807, 2.05) is 0 Å². The molecule has 176 valence electrons. The van der Waals surface area contributed by atoms with Gasteiger partial charge in [0.15, 0.2) is 5.69 Å². The maximum atomic E-state index is 12.9. The number of halogens is 3. The monoisotopic (exact) mass is 474 g/mol. The number of nitrogens with one attached hydrogen (secondary N) is 3. The van der Waals surface area contributed by atoms with Crippen molar-refractivity contribution in [2.24, 2.45) is 0 Å². The van der Waals surface area contributed by atoms with Crippen LogP contribution in [0, 0.1) is 13.8 Å². The Hall–Kier alpha value is -4.36. The van der Waals surface area contributed by atoms with Crippen molar-refractivity contribution in [1.82, 2.24) is 40.6 Å². The number of alkyl halides is 3. The second-order valence-corrected chi connectivity index (χ2v) is 7.36. The van der Waals surface area contributed by atoms with Gasteiger partial charge in [-0.25, -0.2) is 14.6 Å². The van der Waals surface area contributed by atoms with Gasteiger partial charge in [0, 0.05) is 23.2 Å². The number of carbonyl (C=O) groups is 2. The summed E-state index contributed by atoms with van der Waals surface area (Å²) >= 11 is 0. The molecule has 0 aliphatic carbocycles. The van der Waals surface area contributed by atoms with Crippen LogP contribution in [-0.4, -0.2) is 41.6 Å². The van der Waals surface area contributed by atoms with Gasteiger partial charge in [-0.2, -0.15) is 23.3 Å². The number of aryl methyl sites for hydroxylation is 2. The van der Waals surface area contributed by atoms with Crippen LogP contribution >= 0.6 is 0 Å². The molecule has 11 nitrogen and oxygen atoms in total. The molecule has 1 aromatic carbocycles. The van der Waals surface area contributed by atoms with Gasteiger partial charge >= 0.3 is 6.18 Å². The minimum Gasteiger partial charge on any atom is -0.273 e. The number of fused-ring (bicyclic) bond motifs is 2. The molecular formula is C20H17F3N8O3. The van der Waals surface area contributed by atoms with Gasteiger partial charge < -0.3 is 0 Å². The third kappa shape index (κ3) is 4.29. The Bertz CT molecular complexity index is 1490. The first-order chi connectivity index (χ1) is 16.1. The molecule has 3 aromatic heterocycles. The molecule has 4 aromatic rings. The molecule has 0 saturated carbocycles. The molecule has 0 spiro atoms. The Balaban J connectivity index is 1.44. The normalized spacial score (nSPS) is 11.7. The van der Waals surface area contributed by atoms with E-state index in [-0.39, 0.29) is 29.7 Å². The summed E-state index contributed by atoms with van der Waals surface area (Å²) in [6, 6.07) is 6.37. The van der Waals surface area contributed by atoms with Crippen LogP contribution in [0.3, 0.4) is 0 Å². The van der Waals surface area contributed by atoms with Crippen LogP contribution in [0.15, 0.2) is 29.1 Å². The minimum absolute atomic E-state index is 0.0801. The van der Waals surface area contributed by atoms with E-state index in [1.165, 1.54) is 6.07 Å². The zero-order valence-electron chi connectivity index (χ0n) is 17.8. The van der Waals surface area contributed by atoms with Gasteiger partial charge in [-0.1, -0.05) is 18.2 Å². The summed E-state index contributed by atoms with van der Waals surface area (Å²) in [5, 5.41) is 10.0. The van der Waals surface area contributed by atoms with E-state index in [0.717, 1.165) is 4.52 Å². The fourth-order valence-electron chi connectivity index (χ4n) is 3.46. The lowest BCUT2D eigenvalue weighted by molar-refractivity contribution is -0.144. The summed E-state index contributed by atoms with van der Waals surface area (Å²) in [4.78, 5) is 44.0. The Kier molecular flexibility index (Phi) is 5.73. The number of hydrazine groups is 1. The van der Waals surface area contributed by atoms with Crippen LogP contribution in [-0.2, 0) is 17.4 Å². The van der Waals surface area contributed by atoms with E-state index >= 15 is 0 Å². The summed E-state index contributed by atoms with van der Waals surface area (Å²) in [6.45, 7) is 3.15. The second kappa shape index (κ2) is 8.53. The molecule has 0 saturated heterocycles. The lowest BCUT2D eigenvalue weighted by Gasteiger charge is -2.11. The lowest BCUT2D eigenvalue weighted by Crippen LogP contribution is -2.42. The summed E-state index contributed by atoms with van der Waals surface area (Å²) in [5.74, 6) is -2.79. The standard InChI is InChI=1S/C20H17F3N8O3/c1-9-11(10(2)31-19(24-9)25-18(30-31)20(21,22)23)7-8-14(32)26-29-17(34)15-12-5-3-4-6-13(12)16(33)28-27-15/h3-6H,7-8H2,1-2H3,(H,26,32)(H,28,33)(H,29,34). The summed E-state index contributed by atoms with van der Waals surface area (Å²) < 4.78 is 39.7. The second-order valence-electron chi connectivity index (χ2n) is 7.36. The molecule has 0 aliphatic rings. The third-order valence-electron chi connectivity index (χ3n) is 5.13. The molecule has 34 heavy (non-hydrogen) atoms. The average Bonchev–Trinajstić information content (AvgIpc) is 3.22. The number of benzene rings is 1. The maximum Gasteiger partial charge on any atom is 0.453 e. The van der Waals surface area contributed by atoms with Gasteiger partial charge in [0.2, 0.25) is 5.91 Å². The molecule has 0 bridgehead atoms. The van der Waals surface area contributed by atoms with E-state index in [1.54, 1.807) is 32.0 Å². The first-order valence-corrected chi connectivity index (χ1v) is 9.93. The number of H-pyrrole nitrogens is 1. The van der Waals surface area contributed by atoms with Crippen molar-refractivity contribution >= 4 is 28.4 Å². The van der Waals surface area contributed by atoms with Crippen LogP contribution < -0.4 is 16.4 Å². The van der Waals surface area contributed by atoms with Gasteiger partial charge in [0.1, 0.15) is 0 Å². The topological polar surface area (TPSA) is 147 Å². The van der Waals surface area contributed by atoms with Crippen LogP contribution in [0.5, 0.6) is 0 Å². The molecule has 0 fully saturated rings. The molecule has 4 rings (SSSR count). The van der Waals surface area contributed by atoms with Crippen molar-refractivity contribution in [2.75, 3.05) is 0 Å². The van der Waals surface area contributed by atoms with E-state index in [2.05, 4.69) is 36.1 Å². The Labute approximate surface area is 188 Å². The number of hydrogen-bond donors (Lipinski definition) is 3. The zero-order chi connectivity index (χ0) is 24.6. The Morgan fingerprint density at radius 1 is 1.09 bits per heavy atom. The van der Waals surface area contributed by atoms with Crippen molar-refractivity contribution in [2.45, 2.75) is 32.9 Å². The number of carbonyl (C=O) groups excluding carboxylic acids is 2. The number of aromatic amines is 1. The molecule has 2 amide bonds. The molecule has 0 atom stereocenters. The number of hydrogen-bond acceptors (Lipinski definition) is 7. The highest BCUT2D eigenvalue weighted by Gasteiger charge is 2.37. The van der Waals surface area contributed by atoms with E-state index in [9.17, 15) is 27.6 Å². The lowest BCUT2D eigenvalue weighted by atomic mass is 10.1. The highest BCUT2D eigenvalue weighted by atomic mass is 19.4. The van der Waals surface area contributed by atoms with Gasteiger partial charge in [0.25, 0.3) is 23.1 Å².